The molecule has 0 fully saturated rings. The van der Waals surface area contributed by atoms with E-state index < -0.39 is 23.3 Å². The van der Waals surface area contributed by atoms with Crippen molar-refractivity contribution in [2.75, 3.05) is 18.6 Å². The van der Waals surface area contributed by atoms with Crippen molar-refractivity contribution in [2.45, 2.75) is 12.7 Å². The highest BCUT2D eigenvalue weighted by Gasteiger charge is 2.33. The Bertz CT molecular complexity index is 1240. The number of aldehydes is 1. The average Bonchev–Trinajstić information content (AvgIpc) is 2.86. The summed E-state index contributed by atoms with van der Waals surface area (Å²) in [5.74, 6) is -0.968. The predicted octanol–water partition coefficient (Wildman–Crippen LogP) is 6.38. The fourth-order valence-electron chi connectivity index (χ4n) is 3.12. The minimum Gasteiger partial charge on any atom is -0.478 e. The molecule has 36 heavy (non-hydrogen) atoms. The highest BCUT2D eigenvalue weighted by Crippen LogP contribution is 2.33. The molecule has 190 valence electrons. The third-order valence-corrected chi connectivity index (χ3v) is 5.70. The number of carboxylic acid groups (broad SMARTS) is 1. The number of nitrogens with one attached hydrogen (secondary N) is 3. The third kappa shape index (κ3) is 7.58. The number of hydrogen-bond donors (Lipinski definition) is 4. The monoisotopic (exact) mass is 537 g/mol. The van der Waals surface area contributed by atoms with Gasteiger partial charge in [-0.3, -0.25) is 14.9 Å². The van der Waals surface area contributed by atoms with Crippen molar-refractivity contribution in [3.63, 3.8) is 0 Å². The van der Waals surface area contributed by atoms with Crippen LogP contribution >= 0.6 is 23.5 Å². The normalized spacial score (nSPS) is 10.7. The summed E-state index contributed by atoms with van der Waals surface area (Å²) >= 11 is 6.96. The minimum atomic E-state index is -4.54. The first-order valence-corrected chi connectivity index (χ1v) is 11.9. The Kier molecular flexibility index (Phi) is 10.5. The average molecular weight is 538 g/mol. The van der Waals surface area contributed by atoms with E-state index in [0.29, 0.717) is 11.3 Å². The molecule has 0 aliphatic heterocycles. The van der Waals surface area contributed by atoms with E-state index >= 15 is 0 Å². The van der Waals surface area contributed by atoms with Gasteiger partial charge in [0.05, 0.1) is 21.9 Å². The summed E-state index contributed by atoms with van der Waals surface area (Å²) in [6.07, 6.45) is -2.46. The van der Waals surface area contributed by atoms with E-state index in [1.807, 2.05) is 31.5 Å². The van der Waals surface area contributed by atoms with E-state index in [9.17, 15) is 22.8 Å². The van der Waals surface area contributed by atoms with E-state index in [1.54, 1.807) is 24.1 Å². The molecule has 11 heteroatoms. The number of aromatic carboxylic acids is 1. The van der Waals surface area contributed by atoms with Crippen LogP contribution in [0.1, 0.15) is 43.0 Å². The molecule has 0 bridgehead atoms. The fourth-order valence-corrected chi connectivity index (χ4v) is 3.65. The van der Waals surface area contributed by atoms with Crippen LogP contribution in [-0.4, -0.2) is 36.4 Å². The SMILES string of the molecule is CNc1cc(CNSC)ccc1C(=N)c1ccc(C(=O)O)cc1.O=Cc1c(Cl)cccc1C(F)(F)F. The molecule has 0 aromatic heterocycles. The number of alkyl halides is 3. The van der Waals surface area contributed by atoms with Gasteiger partial charge in [-0.15, -0.1) is 0 Å². The Morgan fingerprint density at radius 1 is 1.11 bits per heavy atom. The number of rotatable bonds is 8. The lowest BCUT2D eigenvalue weighted by Crippen LogP contribution is -2.08. The maximum absolute atomic E-state index is 12.2. The largest absolute Gasteiger partial charge is 0.478 e. The molecule has 0 saturated heterocycles. The van der Waals surface area contributed by atoms with Gasteiger partial charge in [-0.25, -0.2) is 4.79 Å². The molecule has 0 saturated carbocycles. The zero-order valence-corrected chi connectivity index (χ0v) is 20.8. The molecular formula is C25H23ClF3N3O3S. The van der Waals surface area contributed by atoms with Gasteiger partial charge in [0.2, 0.25) is 0 Å². The second-order valence-electron chi connectivity index (χ2n) is 7.23. The van der Waals surface area contributed by atoms with Crippen molar-refractivity contribution in [3.05, 3.63) is 99.1 Å². The number of halogens is 4. The summed E-state index contributed by atoms with van der Waals surface area (Å²) in [5, 5.41) is 20.3. The Morgan fingerprint density at radius 3 is 2.25 bits per heavy atom. The summed E-state index contributed by atoms with van der Waals surface area (Å²) < 4.78 is 39.8. The predicted molar refractivity (Wildman–Crippen MR) is 138 cm³/mol. The third-order valence-electron chi connectivity index (χ3n) is 4.94. The number of benzene rings is 3. The summed E-state index contributed by atoms with van der Waals surface area (Å²) in [7, 11) is 1.82. The van der Waals surface area contributed by atoms with Crippen LogP contribution in [0.25, 0.3) is 0 Å². The van der Waals surface area contributed by atoms with Crippen LogP contribution in [0.4, 0.5) is 18.9 Å². The molecule has 0 unspecified atom stereocenters. The highest BCUT2D eigenvalue weighted by atomic mass is 35.5. The van der Waals surface area contributed by atoms with E-state index in [1.165, 1.54) is 18.2 Å². The summed E-state index contributed by atoms with van der Waals surface area (Å²) in [4.78, 5) is 21.2. The Morgan fingerprint density at radius 2 is 1.75 bits per heavy atom. The standard InChI is InChI=1S/C17H19N3O2S.C8H4ClF3O/c1-19-15-9-11(10-20-23-2)3-8-14(15)16(18)12-4-6-13(7-5-12)17(21)22;9-7-3-1-2-6(5(7)4-13)8(10,11)12/h3-9,18-20H,10H2,1-2H3,(H,21,22);1-4H. The maximum atomic E-state index is 12.2. The van der Waals surface area contributed by atoms with Crippen molar-refractivity contribution in [2.24, 2.45) is 0 Å². The topological polar surface area (TPSA) is 102 Å². The molecule has 0 aliphatic rings. The van der Waals surface area contributed by atoms with E-state index in [0.717, 1.165) is 35.5 Å². The van der Waals surface area contributed by atoms with E-state index in [-0.39, 0.29) is 16.9 Å². The molecule has 0 atom stereocenters. The molecule has 3 aromatic rings. The van der Waals surface area contributed by atoms with Crippen molar-refractivity contribution >= 4 is 47.2 Å². The van der Waals surface area contributed by atoms with Crippen molar-refractivity contribution in [1.29, 1.82) is 5.41 Å². The van der Waals surface area contributed by atoms with Crippen molar-refractivity contribution in [1.82, 2.24) is 4.72 Å². The lowest BCUT2D eigenvalue weighted by atomic mass is 9.98. The number of carbonyl (C=O) groups excluding carboxylic acids is 1. The summed E-state index contributed by atoms with van der Waals surface area (Å²) in [6, 6.07) is 15.5. The van der Waals surface area contributed by atoms with E-state index in [2.05, 4.69) is 10.0 Å². The molecule has 0 radical (unpaired) electrons. The maximum Gasteiger partial charge on any atom is 0.417 e. The number of hydrogen-bond acceptors (Lipinski definition) is 6. The summed E-state index contributed by atoms with van der Waals surface area (Å²) in [5.41, 5.74) is 2.51. The summed E-state index contributed by atoms with van der Waals surface area (Å²) in [6.45, 7) is 0.747. The van der Waals surface area contributed by atoms with Crippen LogP contribution in [0, 0.1) is 5.41 Å². The van der Waals surface area contributed by atoms with Gasteiger partial charge in [0.25, 0.3) is 0 Å². The van der Waals surface area contributed by atoms with Gasteiger partial charge in [-0.05, 0) is 42.2 Å². The van der Waals surface area contributed by atoms with Gasteiger partial charge in [-0.1, -0.05) is 53.9 Å². The fraction of sp³-hybridized carbons (Fsp3) is 0.160. The molecule has 4 N–H and O–H groups in total. The molecule has 0 aliphatic carbocycles. The second kappa shape index (κ2) is 13.1. The first-order chi connectivity index (χ1) is 17.0. The molecule has 6 nitrogen and oxygen atoms in total. The van der Waals surface area contributed by atoms with Crippen LogP contribution in [0.15, 0.2) is 60.7 Å². The first kappa shape index (κ1) is 28.9. The molecule has 0 spiro atoms. The van der Waals surface area contributed by atoms with Crippen LogP contribution in [0.5, 0.6) is 0 Å². The van der Waals surface area contributed by atoms with Crippen LogP contribution in [-0.2, 0) is 12.7 Å². The first-order valence-electron chi connectivity index (χ1n) is 10.3. The zero-order chi connectivity index (χ0) is 26.9. The smallest absolute Gasteiger partial charge is 0.417 e. The zero-order valence-electron chi connectivity index (χ0n) is 19.2. The van der Waals surface area contributed by atoms with Crippen molar-refractivity contribution < 1.29 is 27.9 Å². The van der Waals surface area contributed by atoms with Gasteiger partial charge in [0, 0.05) is 36.0 Å². The van der Waals surface area contributed by atoms with Gasteiger partial charge in [0.15, 0.2) is 6.29 Å². The Balaban J connectivity index is 0.000000297. The molecule has 0 amide bonds. The number of anilines is 1. The van der Waals surface area contributed by atoms with Crippen LogP contribution in [0.3, 0.4) is 0 Å². The van der Waals surface area contributed by atoms with Crippen LogP contribution < -0.4 is 10.0 Å². The second-order valence-corrected chi connectivity index (χ2v) is 8.33. The lowest BCUT2D eigenvalue weighted by Gasteiger charge is -2.13. The van der Waals surface area contributed by atoms with Gasteiger partial charge in [-0.2, -0.15) is 13.2 Å². The lowest BCUT2D eigenvalue weighted by molar-refractivity contribution is -0.137. The molecule has 3 rings (SSSR count). The Labute approximate surface area is 215 Å². The van der Waals surface area contributed by atoms with Gasteiger partial charge in [0.1, 0.15) is 0 Å². The van der Waals surface area contributed by atoms with Gasteiger partial charge >= 0.3 is 12.1 Å². The molecular weight excluding hydrogens is 515 g/mol. The minimum absolute atomic E-state index is 0.102. The van der Waals surface area contributed by atoms with Gasteiger partial charge < -0.3 is 10.4 Å². The molecule has 3 aromatic carbocycles. The number of carbonyl (C=O) groups is 2. The Hall–Kier alpha value is -3.34. The number of carboxylic acids is 1. The molecule has 0 heterocycles. The van der Waals surface area contributed by atoms with E-state index in [4.69, 9.17) is 22.1 Å². The quantitative estimate of drug-likeness (QED) is 0.151. The highest BCUT2D eigenvalue weighted by molar-refractivity contribution is 7.96. The van der Waals surface area contributed by atoms with Crippen molar-refractivity contribution in [3.8, 4) is 0 Å². The van der Waals surface area contributed by atoms with Crippen LogP contribution in [0.2, 0.25) is 5.02 Å².